The first-order valence-electron chi connectivity index (χ1n) is 5.74. The summed E-state index contributed by atoms with van der Waals surface area (Å²) in [5.74, 6) is 0.663. The summed E-state index contributed by atoms with van der Waals surface area (Å²) in [4.78, 5) is 11.9. The van der Waals surface area contributed by atoms with Gasteiger partial charge in [-0.15, -0.1) is 0 Å². The van der Waals surface area contributed by atoms with E-state index in [1.807, 2.05) is 6.92 Å². The first-order chi connectivity index (χ1) is 6.86. The van der Waals surface area contributed by atoms with E-state index >= 15 is 0 Å². The van der Waals surface area contributed by atoms with Gasteiger partial charge in [-0.05, 0) is 25.7 Å². The lowest BCUT2D eigenvalue weighted by Gasteiger charge is -2.31. The van der Waals surface area contributed by atoms with Crippen LogP contribution in [-0.4, -0.2) is 16.8 Å². The highest BCUT2D eigenvalue weighted by molar-refractivity contribution is 9.09. The quantitative estimate of drug-likeness (QED) is 0.742. The molecule has 3 heteroatoms. The Bertz CT molecular complexity index is 206. The molecule has 1 amide bonds. The van der Waals surface area contributed by atoms with Crippen LogP contribution in [0, 0.1) is 11.8 Å². The third-order valence-corrected chi connectivity index (χ3v) is 3.66. The molecular weight excluding hydrogens is 254 g/mol. The molecule has 90 valence electrons. The highest BCUT2D eigenvalue weighted by Gasteiger charge is 2.26. The minimum Gasteiger partial charge on any atom is -0.351 e. The number of alkyl halides is 1. The maximum Gasteiger partial charge on any atom is 0.223 e. The van der Waals surface area contributed by atoms with E-state index in [2.05, 4.69) is 48.9 Å². The Hall–Kier alpha value is -0.0500. The lowest BCUT2D eigenvalue weighted by atomic mass is 9.92. The summed E-state index contributed by atoms with van der Waals surface area (Å²) in [6, 6.07) is 0. The fourth-order valence-corrected chi connectivity index (χ4v) is 2.13. The summed E-state index contributed by atoms with van der Waals surface area (Å²) < 4.78 is 0. The van der Waals surface area contributed by atoms with Crippen molar-refractivity contribution >= 4 is 21.8 Å². The topological polar surface area (TPSA) is 29.1 Å². The number of rotatable bonds is 6. The highest BCUT2D eigenvalue weighted by atomic mass is 79.9. The van der Waals surface area contributed by atoms with Crippen molar-refractivity contribution in [2.45, 2.75) is 53.0 Å². The molecule has 2 unspecified atom stereocenters. The van der Waals surface area contributed by atoms with Crippen molar-refractivity contribution in [2.75, 3.05) is 5.33 Å². The number of hydrogen-bond acceptors (Lipinski definition) is 1. The average Bonchev–Trinajstić information content (AvgIpc) is 2.16. The Morgan fingerprint density at radius 3 is 2.27 bits per heavy atom. The van der Waals surface area contributed by atoms with Crippen molar-refractivity contribution in [3.05, 3.63) is 0 Å². The first-order valence-corrected chi connectivity index (χ1v) is 6.86. The van der Waals surface area contributed by atoms with Crippen LogP contribution in [0.2, 0.25) is 0 Å². The van der Waals surface area contributed by atoms with Crippen LogP contribution in [0.1, 0.15) is 47.5 Å². The Balaban J connectivity index is 4.36. The van der Waals surface area contributed by atoms with Crippen LogP contribution in [-0.2, 0) is 4.79 Å². The molecule has 15 heavy (non-hydrogen) atoms. The van der Waals surface area contributed by atoms with Gasteiger partial charge in [-0.2, -0.15) is 0 Å². The molecule has 0 aliphatic carbocycles. The number of hydrogen-bond donors (Lipinski definition) is 1. The summed E-state index contributed by atoms with van der Waals surface area (Å²) in [5.41, 5.74) is -0.0657. The van der Waals surface area contributed by atoms with Crippen LogP contribution in [0.4, 0.5) is 0 Å². The summed E-state index contributed by atoms with van der Waals surface area (Å²) in [5, 5.41) is 4.08. The molecule has 0 aromatic heterocycles. The van der Waals surface area contributed by atoms with Crippen molar-refractivity contribution in [2.24, 2.45) is 11.8 Å². The van der Waals surface area contributed by atoms with Gasteiger partial charge in [0.05, 0.1) is 0 Å². The zero-order chi connectivity index (χ0) is 12.1. The average molecular weight is 278 g/mol. The van der Waals surface area contributed by atoms with E-state index in [0.29, 0.717) is 5.92 Å². The van der Waals surface area contributed by atoms with Crippen molar-refractivity contribution in [1.82, 2.24) is 5.32 Å². The zero-order valence-corrected chi connectivity index (χ0v) is 12.1. The monoisotopic (exact) mass is 277 g/mol. The molecular formula is C12H24BrNO. The molecule has 0 aliphatic rings. The molecule has 0 spiro atoms. The van der Waals surface area contributed by atoms with Crippen LogP contribution >= 0.6 is 15.9 Å². The molecule has 0 fully saturated rings. The minimum absolute atomic E-state index is 0.0657. The number of carbonyl (C=O) groups is 1. The van der Waals surface area contributed by atoms with Gasteiger partial charge >= 0.3 is 0 Å². The fraction of sp³-hybridized carbons (Fsp3) is 0.917. The number of halogens is 1. The molecule has 2 nitrogen and oxygen atoms in total. The van der Waals surface area contributed by atoms with Gasteiger partial charge in [-0.3, -0.25) is 4.79 Å². The lowest BCUT2D eigenvalue weighted by molar-refractivity contribution is -0.127. The molecule has 0 rings (SSSR count). The maximum atomic E-state index is 11.9. The second-order valence-corrected chi connectivity index (χ2v) is 5.67. The molecule has 0 bridgehead atoms. The van der Waals surface area contributed by atoms with Crippen LogP contribution in [0.3, 0.4) is 0 Å². The maximum absolute atomic E-state index is 11.9. The third-order valence-electron chi connectivity index (χ3n) is 3.27. The Labute approximate surface area is 102 Å². The van der Waals surface area contributed by atoms with Crippen molar-refractivity contribution in [3.63, 3.8) is 0 Å². The lowest BCUT2D eigenvalue weighted by Crippen LogP contribution is -2.48. The third kappa shape index (κ3) is 5.01. The van der Waals surface area contributed by atoms with E-state index in [9.17, 15) is 4.79 Å². The smallest absolute Gasteiger partial charge is 0.223 e. The molecule has 0 saturated carbocycles. The molecule has 0 aromatic rings. The Kier molecular flexibility index (Phi) is 6.49. The second-order valence-electron chi connectivity index (χ2n) is 4.88. The van der Waals surface area contributed by atoms with Crippen LogP contribution in [0.5, 0.6) is 0 Å². The van der Waals surface area contributed by atoms with Gasteiger partial charge in [0, 0.05) is 16.8 Å². The molecule has 0 heterocycles. The Morgan fingerprint density at radius 2 is 1.93 bits per heavy atom. The molecule has 0 aromatic carbocycles. The first kappa shape index (κ1) is 14.9. The van der Waals surface area contributed by atoms with Crippen molar-refractivity contribution in [1.29, 1.82) is 0 Å². The van der Waals surface area contributed by atoms with E-state index in [4.69, 9.17) is 0 Å². The predicted molar refractivity (Wildman–Crippen MR) is 69.3 cm³/mol. The van der Waals surface area contributed by atoms with Gasteiger partial charge in [0.1, 0.15) is 0 Å². The standard InChI is InChI=1S/C12H24BrNO/c1-6-12(5,7-8-13)14-11(15)10(4)9(2)3/h9-10H,6-8H2,1-5H3,(H,14,15). The van der Waals surface area contributed by atoms with Crippen LogP contribution in [0.15, 0.2) is 0 Å². The summed E-state index contributed by atoms with van der Waals surface area (Å²) in [7, 11) is 0. The van der Waals surface area contributed by atoms with Gasteiger partial charge < -0.3 is 5.32 Å². The minimum atomic E-state index is -0.0657. The second kappa shape index (κ2) is 6.51. The van der Waals surface area contributed by atoms with Crippen LogP contribution in [0.25, 0.3) is 0 Å². The molecule has 0 aliphatic heterocycles. The zero-order valence-electron chi connectivity index (χ0n) is 10.6. The van der Waals surface area contributed by atoms with E-state index < -0.39 is 0 Å². The fourth-order valence-electron chi connectivity index (χ4n) is 1.25. The van der Waals surface area contributed by atoms with E-state index in [1.54, 1.807) is 0 Å². The molecule has 1 N–H and O–H groups in total. The van der Waals surface area contributed by atoms with Gasteiger partial charge in [-0.25, -0.2) is 0 Å². The number of nitrogens with one attached hydrogen (secondary N) is 1. The van der Waals surface area contributed by atoms with Gasteiger partial charge in [-0.1, -0.05) is 43.6 Å². The molecule has 0 saturated heterocycles. The number of carbonyl (C=O) groups excluding carboxylic acids is 1. The van der Waals surface area contributed by atoms with E-state index in [1.165, 1.54) is 0 Å². The predicted octanol–water partition coefficient (Wildman–Crippen LogP) is 3.35. The van der Waals surface area contributed by atoms with E-state index in [0.717, 1.165) is 18.2 Å². The summed E-state index contributed by atoms with van der Waals surface area (Å²) in [6.07, 6.45) is 1.94. The normalized spacial score (nSPS) is 17.3. The summed E-state index contributed by atoms with van der Waals surface area (Å²) in [6.45, 7) is 10.4. The van der Waals surface area contributed by atoms with Crippen molar-refractivity contribution in [3.8, 4) is 0 Å². The van der Waals surface area contributed by atoms with Crippen molar-refractivity contribution < 1.29 is 4.79 Å². The SMILES string of the molecule is CCC(C)(CCBr)NC(=O)C(C)C(C)C. The van der Waals surface area contributed by atoms with Gasteiger partial charge in [0.25, 0.3) is 0 Å². The molecule has 0 radical (unpaired) electrons. The molecule has 2 atom stereocenters. The Morgan fingerprint density at radius 1 is 1.40 bits per heavy atom. The van der Waals surface area contributed by atoms with Gasteiger partial charge in [0.15, 0.2) is 0 Å². The highest BCUT2D eigenvalue weighted by Crippen LogP contribution is 2.18. The largest absolute Gasteiger partial charge is 0.351 e. The van der Waals surface area contributed by atoms with Gasteiger partial charge in [0.2, 0.25) is 5.91 Å². The summed E-state index contributed by atoms with van der Waals surface area (Å²) >= 11 is 3.43. The van der Waals surface area contributed by atoms with Crippen LogP contribution < -0.4 is 5.32 Å². The van der Waals surface area contributed by atoms with E-state index in [-0.39, 0.29) is 17.4 Å². The number of amides is 1.